The molecule has 2 rings (SSSR count). The highest BCUT2D eigenvalue weighted by atomic mass is 16.2. The second-order valence-electron chi connectivity index (χ2n) is 6.18. The zero-order valence-corrected chi connectivity index (χ0v) is 14.6. The normalized spacial score (nSPS) is 13.0. The molecule has 0 spiro atoms. The molecule has 0 saturated heterocycles. The Bertz CT molecular complexity index is 642. The van der Waals surface area contributed by atoms with Crippen molar-refractivity contribution in [2.45, 2.75) is 39.8 Å². The van der Waals surface area contributed by atoms with E-state index in [9.17, 15) is 9.59 Å². The van der Waals surface area contributed by atoms with Gasteiger partial charge in [-0.1, -0.05) is 59.7 Å². The maximum Gasteiger partial charge on any atom is 0.217 e. The largest absolute Gasteiger partial charge is 0.347 e. The number of carbonyl (C=O) groups excluding carboxylic acids is 2. The van der Waals surface area contributed by atoms with Gasteiger partial charge in [0.15, 0.2) is 0 Å². The lowest BCUT2D eigenvalue weighted by Crippen LogP contribution is -2.39. The Balaban J connectivity index is 2.46. The van der Waals surface area contributed by atoms with Crippen molar-refractivity contribution in [3.63, 3.8) is 0 Å². The second-order valence-corrected chi connectivity index (χ2v) is 6.18. The maximum atomic E-state index is 11.7. The van der Waals surface area contributed by atoms with E-state index in [1.54, 1.807) is 0 Å². The van der Waals surface area contributed by atoms with Crippen molar-refractivity contribution in [2.75, 3.05) is 0 Å². The SMILES string of the molecule is CC(=O)N[C@H](c1ccc(C)cc1)[C@H](NC(C)=O)c1ccc(C)cc1. The number of amides is 2. The van der Waals surface area contributed by atoms with E-state index in [4.69, 9.17) is 0 Å². The Kier molecular flexibility index (Phi) is 5.74. The number of hydrogen-bond acceptors (Lipinski definition) is 2. The molecule has 0 fully saturated rings. The first-order chi connectivity index (χ1) is 11.4. The summed E-state index contributed by atoms with van der Waals surface area (Å²) in [5.74, 6) is -0.272. The number of benzene rings is 2. The van der Waals surface area contributed by atoms with Crippen LogP contribution in [0.3, 0.4) is 0 Å². The van der Waals surface area contributed by atoms with Crippen molar-refractivity contribution in [2.24, 2.45) is 0 Å². The van der Waals surface area contributed by atoms with E-state index in [1.807, 2.05) is 62.4 Å². The van der Waals surface area contributed by atoms with E-state index in [-0.39, 0.29) is 23.9 Å². The van der Waals surface area contributed by atoms with Crippen LogP contribution in [0.25, 0.3) is 0 Å². The number of nitrogens with one attached hydrogen (secondary N) is 2. The molecular formula is C20H24N2O2. The van der Waals surface area contributed by atoms with Gasteiger partial charge in [-0.15, -0.1) is 0 Å². The summed E-state index contributed by atoms with van der Waals surface area (Å²) in [5.41, 5.74) is 4.20. The molecule has 2 atom stereocenters. The second kappa shape index (κ2) is 7.77. The van der Waals surface area contributed by atoms with E-state index in [1.165, 1.54) is 13.8 Å². The Hall–Kier alpha value is -2.62. The molecule has 0 aliphatic carbocycles. The number of aryl methyl sites for hydroxylation is 2. The number of rotatable bonds is 5. The summed E-state index contributed by atoms with van der Waals surface area (Å²) in [4.78, 5) is 23.5. The highest BCUT2D eigenvalue weighted by molar-refractivity contribution is 5.75. The van der Waals surface area contributed by atoms with E-state index >= 15 is 0 Å². The van der Waals surface area contributed by atoms with Crippen LogP contribution in [0.1, 0.15) is 48.2 Å². The van der Waals surface area contributed by atoms with E-state index in [2.05, 4.69) is 10.6 Å². The van der Waals surface area contributed by atoms with Crippen molar-refractivity contribution in [1.29, 1.82) is 0 Å². The fourth-order valence-corrected chi connectivity index (χ4v) is 2.70. The molecule has 0 saturated carbocycles. The fraction of sp³-hybridized carbons (Fsp3) is 0.300. The van der Waals surface area contributed by atoms with Crippen molar-refractivity contribution >= 4 is 11.8 Å². The average molecular weight is 324 g/mol. The van der Waals surface area contributed by atoms with E-state index in [0.717, 1.165) is 22.3 Å². The smallest absolute Gasteiger partial charge is 0.217 e. The predicted octanol–water partition coefficient (Wildman–Crippen LogP) is 3.36. The van der Waals surface area contributed by atoms with Crippen molar-refractivity contribution in [3.05, 3.63) is 70.8 Å². The fourth-order valence-electron chi connectivity index (χ4n) is 2.70. The molecule has 0 aliphatic rings. The van der Waals surface area contributed by atoms with Gasteiger partial charge in [-0.25, -0.2) is 0 Å². The summed E-state index contributed by atoms with van der Waals surface area (Å²) >= 11 is 0. The van der Waals surface area contributed by atoms with Crippen LogP contribution in [0.15, 0.2) is 48.5 Å². The molecule has 126 valence electrons. The van der Waals surface area contributed by atoms with Gasteiger partial charge in [0.1, 0.15) is 0 Å². The Morgan fingerprint density at radius 1 is 0.667 bits per heavy atom. The molecule has 0 heterocycles. The average Bonchev–Trinajstić information content (AvgIpc) is 2.52. The number of hydrogen-bond donors (Lipinski definition) is 2. The van der Waals surface area contributed by atoms with Gasteiger partial charge in [-0.3, -0.25) is 9.59 Å². The van der Waals surface area contributed by atoms with Gasteiger partial charge in [-0.2, -0.15) is 0 Å². The van der Waals surface area contributed by atoms with Gasteiger partial charge < -0.3 is 10.6 Å². The summed E-state index contributed by atoms with van der Waals surface area (Å²) < 4.78 is 0. The summed E-state index contributed by atoms with van der Waals surface area (Å²) in [6.45, 7) is 7.01. The molecule has 2 amide bonds. The van der Waals surface area contributed by atoms with Crippen LogP contribution in [-0.4, -0.2) is 11.8 Å². The summed E-state index contributed by atoms with van der Waals surface area (Å²) in [7, 11) is 0. The molecule has 4 heteroatoms. The van der Waals surface area contributed by atoms with Crippen molar-refractivity contribution < 1.29 is 9.59 Å². The minimum Gasteiger partial charge on any atom is -0.347 e. The lowest BCUT2D eigenvalue weighted by Gasteiger charge is -2.29. The first kappa shape index (κ1) is 17.7. The number of carbonyl (C=O) groups is 2. The molecule has 2 aromatic rings. The lowest BCUT2D eigenvalue weighted by atomic mass is 9.92. The molecule has 0 bridgehead atoms. The molecular weight excluding hydrogens is 300 g/mol. The third kappa shape index (κ3) is 4.69. The monoisotopic (exact) mass is 324 g/mol. The molecule has 2 aromatic carbocycles. The van der Waals surface area contributed by atoms with Crippen LogP contribution in [0, 0.1) is 13.8 Å². The minimum atomic E-state index is -0.338. The third-order valence-corrected chi connectivity index (χ3v) is 3.92. The van der Waals surface area contributed by atoms with Gasteiger partial charge in [0.05, 0.1) is 12.1 Å². The van der Waals surface area contributed by atoms with Gasteiger partial charge in [0.2, 0.25) is 11.8 Å². The predicted molar refractivity (Wildman–Crippen MR) is 95.5 cm³/mol. The molecule has 2 N–H and O–H groups in total. The maximum absolute atomic E-state index is 11.7. The quantitative estimate of drug-likeness (QED) is 0.886. The van der Waals surface area contributed by atoms with Crippen molar-refractivity contribution in [3.8, 4) is 0 Å². The minimum absolute atomic E-state index is 0.136. The molecule has 0 unspecified atom stereocenters. The highest BCUT2D eigenvalue weighted by Gasteiger charge is 2.26. The van der Waals surface area contributed by atoms with Crippen LogP contribution in [0.4, 0.5) is 0 Å². The Labute approximate surface area is 143 Å². The molecule has 4 nitrogen and oxygen atoms in total. The standard InChI is InChI=1S/C20H24N2O2/c1-13-5-9-17(10-6-13)19(21-15(3)23)20(22-16(4)24)18-11-7-14(2)8-12-18/h5-12,19-20H,1-4H3,(H,21,23)(H,22,24)/t19-,20-/m1/s1. The first-order valence-corrected chi connectivity index (χ1v) is 8.04. The summed E-state index contributed by atoms with van der Waals surface area (Å²) in [5, 5.41) is 5.96. The Morgan fingerprint density at radius 2 is 0.958 bits per heavy atom. The van der Waals surface area contributed by atoms with Crippen LogP contribution < -0.4 is 10.6 Å². The Morgan fingerprint density at radius 3 is 1.21 bits per heavy atom. The molecule has 0 radical (unpaired) electrons. The zero-order chi connectivity index (χ0) is 17.7. The summed E-state index contributed by atoms with van der Waals surface area (Å²) in [6.07, 6.45) is 0. The molecule has 0 aromatic heterocycles. The van der Waals surface area contributed by atoms with Gasteiger partial charge >= 0.3 is 0 Å². The third-order valence-electron chi connectivity index (χ3n) is 3.92. The van der Waals surface area contributed by atoms with Crippen LogP contribution >= 0.6 is 0 Å². The van der Waals surface area contributed by atoms with Gasteiger partial charge in [0.25, 0.3) is 0 Å². The molecule has 0 aliphatic heterocycles. The zero-order valence-electron chi connectivity index (χ0n) is 14.6. The van der Waals surface area contributed by atoms with Crippen molar-refractivity contribution in [1.82, 2.24) is 10.6 Å². The summed E-state index contributed by atoms with van der Waals surface area (Å²) in [6, 6.07) is 15.3. The topological polar surface area (TPSA) is 58.2 Å². The highest BCUT2D eigenvalue weighted by Crippen LogP contribution is 2.29. The van der Waals surface area contributed by atoms with Gasteiger partial charge in [0, 0.05) is 13.8 Å². The van der Waals surface area contributed by atoms with Gasteiger partial charge in [-0.05, 0) is 25.0 Å². The van der Waals surface area contributed by atoms with Crippen LogP contribution in [0.2, 0.25) is 0 Å². The van der Waals surface area contributed by atoms with Crippen LogP contribution in [0.5, 0.6) is 0 Å². The first-order valence-electron chi connectivity index (χ1n) is 8.04. The van der Waals surface area contributed by atoms with E-state index < -0.39 is 0 Å². The van der Waals surface area contributed by atoms with E-state index in [0.29, 0.717) is 0 Å². The lowest BCUT2D eigenvalue weighted by molar-refractivity contribution is -0.122. The molecule has 24 heavy (non-hydrogen) atoms. The van der Waals surface area contributed by atoms with Crippen LogP contribution in [-0.2, 0) is 9.59 Å².